The van der Waals surface area contributed by atoms with Gasteiger partial charge < -0.3 is 20.1 Å². The number of nitrogens with one attached hydrogen (secondary N) is 3. The number of nitrogens with zero attached hydrogens (tertiary/aromatic N) is 3. The van der Waals surface area contributed by atoms with E-state index in [1.165, 1.54) is 17.4 Å². The van der Waals surface area contributed by atoms with Gasteiger partial charge in [-0.25, -0.2) is 28.2 Å². The number of aryl methyl sites for hydroxylation is 1. The number of alkyl halides is 3. The molecule has 1 aliphatic carbocycles. The first-order valence-corrected chi connectivity index (χ1v) is 17.4. The molecule has 2 heterocycles. The molecule has 5 rings (SSSR count). The number of rotatable bonds is 9. The van der Waals surface area contributed by atoms with Crippen molar-refractivity contribution in [2.75, 3.05) is 15.8 Å². The Balaban J connectivity index is 1.30. The highest BCUT2D eigenvalue weighted by atomic mass is 32.2. The summed E-state index contributed by atoms with van der Waals surface area (Å²) in [6, 6.07) is 9.96. The van der Waals surface area contributed by atoms with Crippen LogP contribution in [0.5, 0.6) is 11.6 Å². The van der Waals surface area contributed by atoms with Gasteiger partial charge in [0, 0.05) is 29.1 Å². The maximum atomic E-state index is 12.9. The Kier molecular flexibility index (Phi) is 9.82. The van der Waals surface area contributed by atoms with Crippen LogP contribution in [0.4, 0.5) is 29.6 Å². The molecule has 2 aromatic carbocycles. The fraction of sp³-hybridized carbons (Fsp3) is 0.419. The molecular weight excluding hydrogens is 658 g/mol. The van der Waals surface area contributed by atoms with Gasteiger partial charge in [-0.1, -0.05) is 24.3 Å². The number of carbonyl (C=O) groups is 1. The number of ether oxygens (including phenoxy) is 2. The highest BCUT2D eigenvalue weighted by Gasteiger charge is 2.35. The first-order chi connectivity index (χ1) is 22.1. The number of amides is 1. The van der Waals surface area contributed by atoms with Gasteiger partial charge in [-0.2, -0.15) is 13.2 Å². The predicted octanol–water partition coefficient (Wildman–Crippen LogP) is 7.41. The van der Waals surface area contributed by atoms with Crippen molar-refractivity contribution in [1.82, 2.24) is 20.3 Å². The van der Waals surface area contributed by atoms with E-state index < -0.39 is 33.6 Å². The molecule has 11 nitrogen and oxygen atoms in total. The Morgan fingerprint density at radius 1 is 1.02 bits per heavy atom. The Bertz CT molecular complexity index is 1850. The second-order valence-corrected chi connectivity index (χ2v) is 14.9. The number of hydrogen-bond donors (Lipinski definition) is 3. The van der Waals surface area contributed by atoms with Crippen molar-refractivity contribution >= 4 is 49.9 Å². The molecule has 0 bridgehead atoms. The molecule has 47 heavy (non-hydrogen) atoms. The zero-order valence-electron chi connectivity index (χ0n) is 26.1. The van der Waals surface area contributed by atoms with E-state index in [1.807, 2.05) is 20.8 Å². The molecule has 0 saturated heterocycles. The van der Waals surface area contributed by atoms with E-state index in [1.54, 1.807) is 49.0 Å². The van der Waals surface area contributed by atoms with Gasteiger partial charge in [-0.3, -0.25) is 4.72 Å². The quantitative estimate of drug-likeness (QED) is 0.163. The van der Waals surface area contributed by atoms with E-state index >= 15 is 0 Å². The van der Waals surface area contributed by atoms with Gasteiger partial charge in [0.2, 0.25) is 21.9 Å². The summed E-state index contributed by atoms with van der Waals surface area (Å²) in [4.78, 5) is 26.2. The maximum Gasteiger partial charge on any atom is 0.407 e. The van der Waals surface area contributed by atoms with Crippen molar-refractivity contribution in [1.29, 1.82) is 0 Å². The molecule has 1 fully saturated rings. The van der Waals surface area contributed by atoms with Crippen LogP contribution < -0.4 is 20.1 Å². The standard InChI is InChI=1S/C31H35F3N6O5S2/c1-18-15-24(40-47(42,43)16-31(32,33)34)21-7-5-6-8-22(21)25(18)44-27-26(46-17-36-27)23-13-14-35-28(39-23)37-19-9-11-20(12-10-19)38-29(41)45-30(2,3)4/h5-8,13-15,17,19-20,40H,9-12,16H2,1-4H3,(H,38,41)(H,35,37,39). The SMILES string of the molecule is Cc1cc(NS(=O)(=O)CC(F)(F)F)c2ccccc2c1Oc1ncsc1-c1ccnc(NC2CCC(NC(=O)OC(C)(C)C)CC2)n1. The summed E-state index contributed by atoms with van der Waals surface area (Å²) >= 11 is 1.31. The smallest absolute Gasteiger partial charge is 0.407 e. The van der Waals surface area contributed by atoms with Crippen molar-refractivity contribution in [3.63, 3.8) is 0 Å². The molecule has 0 spiro atoms. The second kappa shape index (κ2) is 13.5. The molecule has 16 heteroatoms. The van der Waals surface area contributed by atoms with E-state index in [4.69, 9.17) is 14.5 Å². The summed E-state index contributed by atoms with van der Waals surface area (Å²) in [7, 11) is -4.70. The Morgan fingerprint density at radius 3 is 2.38 bits per heavy atom. The number of alkyl carbamates (subject to hydrolysis) is 1. The molecule has 0 atom stereocenters. The normalized spacial score (nSPS) is 17.3. The molecule has 4 aromatic rings. The highest BCUT2D eigenvalue weighted by molar-refractivity contribution is 7.92. The number of halogens is 3. The van der Waals surface area contributed by atoms with Gasteiger partial charge in [-0.05, 0) is 71.1 Å². The fourth-order valence-corrected chi connectivity index (χ4v) is 6.99. The first-order valence-electron chi connectivity index (χ1n) is 14.9. The summed E-state index contributed by atoms with van der Waals surface area (Å²) in [6.07, 6.45) is -0.519. The van der Waals surface area contributed by atoms with E-state index in [9.17, 15) is 26.4 Å². The van der Waals surface area contributed by atoms with Crippen molar-refractivity contribution in [3.05, 3.63) is 53.7 Å². The summed E-state index contributed by atoms with van der Waals surface area (Å²) in [6.45, 7) is 7.14. The molecule has 0 radical (unpaired) electrons. The van der Waals surface area contributed by atoms with Gasteiger partial charge in [-0.15, -0.1) is 11.3 Å². The molecule has 0 unspecified atom stereocenters. The minimum Gasteiger partial charge on any atom is -0.444 e. The van der Waals surface area contributed by atoms with Crippen molar-refractivity contribution in [3.8, 4) is 22.2 Å². The first kappa shape index (κ1) is 34.2. The highest BCUT2D eigenvalue weighted by Crippen LogP contribution is 2.41. The van der Waals surface area contributed by atoms with E-state index in [0.717, 1.165) is 25.7 Å². The Morgan fingerprint density at radius 2 is 1.70 bits per heavy atom. The number of thiazole rings is 1. The van der Waals surface area contributed by atoms with Crippen molar-refractivity contribution in [2.24, 2.45) is 0 Å². The van der Waals surface area contributed by atoms with E-state index in [0.29, 0.717) is 38.6 Å². The summed E-state index contributed by atoms with van der Waals surface area (Å²) in [5.41, 5.74) is 2.11. The number of hydrogen-bond acceptors (Lipinski definition) is 10. The summed E-state index contributed by atoms with van der Waals surface area (Å²) in [5, 5.41) is 7.17. The average Bonchev–Trinajstić information content (AvgIpc) is 3.42. The topological polar surface area (TPSA) is 144 Å². The van der Waals surface area contributed by atoms with Gasteiger partial charge >= 0.3 is 12.3 Å². The lowest BCUT2D eigenvalue weighted by molar-refractivity contribution is -0.106. The number of aromatic nitrogens is 3. The Labute approximate surface area is 274 Å². The van der Waals surface area contributed by atoms with Crippen LogP contribution in [-0.4, -0.2) is 59.1 Å². The maximum absolute atomic E-state index is 12.9. The van der Waals surface area contributed by atoms with Crippen LogP contribution in [0.3, 0.4) is 0 Å². The minimum atomic E-state index is -4.89. The fourth-order valence-electron chi connectivity index (χ4n) is 5.30. The summed E-state index contributed by atoms with van der Waals surface area (Å²) in [5.74, 6) is -0.943. The molecule has 2 aromatic heterocycles. The molecule has 3 N–H and O–H groups in total. The van der Waals surface area contributed by atoms with Crippen LogP contribution in [0.25, 0.3) is 21.3 Å². The van der Waals surface area contributed by atoms with Crippen molar-refractivity contribution in [2.45, 2.75) is 77.2 Å². The van der Waals surface area contributed by atoms with Crippen LogP contribution in [0.2, 0.25) is 0 Å². The lowest BCUT2D eigenvalue weighted by Crippen LogP contribution is -2.42. The van der Waals surface area contributed by atoms with Crippen LogP contribution >= 0.6 is 11.3 Å². The molecular formula is C31H35F3N6O5S2. The third kappa shape index (κ3) is 9.22. The van der Waals surface area contributed by atoms with Gasteiger partial charge in [0.15, 0.2) is 5.75 Å². The molecule has 1 saturated carbocycles. The van der Waals surface area contributed by atoms with Gasteiger partial charge in [0.05, 0.1) is 16.9 Å². The average molecular weight is 693 g/mol. The number of carbonyl (C=O) groups excluding carboxylic acids is 1. The van der Waals surface area contributed by atoms with E-state index in [-0.39, 0.29) is 23.7 Å². The lowest BCUT2D eigenvalue weighted by atomic mass is 9.91. The summed E-state index contributed by atoms with van der Waals surface area (Å²) < 4.78 is 76.8. The predicted molar refractivity (Wildman–Crippen MR) is 174 cm³/mol. The van der Waals surface area contributed by atoms with Crippen LogP contribution in [0, 0.1) is 6.92 Å². The minimum absolute atomic E-state index is 0.00868. The number of anilines is 2. The van der Waals surface area contributed by atoms with E-state index in [2.05, 4.69) is 25.3 Å². The van der Waals surface area contributed by atoms with Crippen molar-refractivity contribution < 1.29 is 35.9 Å². The largest absolute Gasteiger partial charge is 0.444 e. The van der Waals surface area contributed by atoms with Gasteiger partial charge in [0.25, 0.3) is 0 Å². The third-order valence-electron chi connectivity index (χ3n) is 7.20. The van der Waals surface area contributed by atoms with Crippen LogP contribution in [-0.2, 0) is 14.8 Å². The monoisotopic (exact) mass is 692 g/mol. The second-order valence-electron chi connectivity index (χ2n) is 12.3. The molecule has 1 amide bonds. The zero-order valence-corrected chi connectivity index (χ0v) is 27.8. The van der Waals surface area contributed by atoms with Crippen LogP contribution in [0.1, 0.15) is 52.0 Å². The molecule has 252 valence electrons. The number of sulfonamides is 1. The number of benzene rings is 2. The zero-order chi connectivity index (χ0) is 34.0. The van der Waals surface area contributed by atoms with Crippen LogP contribution in [0.15, 0.2) is 48.1 Å². The van der Waals surface area contributed by atoms with Gasteiger partial charge in [0.1, 0.15) is 16.2 Å². The Hall–Kier alpha value is -4.18. The third-order valence-corrected chi connectivity index (χ3v) is 9.27. The number of fused-ring (bicyclic) bond motifs is 1. The molecule has 1 aliphatic rings. The lowest BCUT2D eigenvalue weighted by Gasteiger charge is -2.30. The molecule has 0 aliphatic heterocycles.